The molecule has 2 amide bonds. The lowest BCUT2D eigenvalue weighted by Gasteiger charge is -2.54. The number of carbonyl (C=O) groups is 1. The van der Waals surface area contributed by atoms with Crippen LogP contribution in [0, 0.1) is 0 Å². The molecule has 1 unspecified atom stereocenters. The molecule has 3 aromatic carbocycles. The molecule has 3 heterocycles. The highest BCUT2D eigenvalue weighted by atomic mass is 16.5. The van der Waals surface area contributed by atoms with Crippen molar-refractivity contribution in [3.8, 4) is 22.6 Å². The van der Waals surface area contributed by atoms with Crippen molar-refractivity contribution in [3.63, 3.8) is 0 Å². The van der Waals surface area contributed by atoms with Gasteiger partial charge in [0.1, 0.15) is 11.5 Å². The quantitative estimate of drug-likeness (QED) is 0.633. The molecular formula is C26H27N3O3. The van der Waals surface area contributed by atoms with Gasteiger partial charge in [-0.1, -0.05) is 36.4 Å². The van der Waals surface area contributed by atoms with Crippen molar-refractivity contribution in [2.45, 2.75) is 18.0 Å². The molecular weight excluding hydrogens is 402 g/mol. The van der Waals surface area contributed by atoms with Crippen molar-refractivity contribution >= 4 is 11.7 Å². The van der Waals surface area contributed by atoms with E-state index in [1.165, 1.54) is 11.1 Å². The van der Waals surface area contributed by atoms with Gasteiger partial charge in [-0.15, -0.1) is 0 Å². The second-order valence-electron chi connectivity index (χ2n) is 8.32. The SMILES string of the molecule is COc1ccc(NC(=O)N2C[C@@H]3N[C@H](C2)C3c2ccc(-c3cccc(OC)c3)cc2)cc1. The van der Waals surface area contributed by atoms with E-state index in [1.807, 2.05) is 47.4 Å². The first-order valence-corrected chi connectivity index (χ1v) is 10.8. The zero-order valence-corrected chi connectivity index (χ0v) is 18.2. The molecule has 0 radical (unpaired) electrons. The van der Waals surface area contributed by atoms with Crippen molar-refractivity contribution < 1.29 is 14.3 Å². The van der Waals surface area contributed by atoms with E-state index in [0.717, 1.165) is 22.7 Å². The zero-order chi connectivity index (χ0) is 22.1. The van der Waals surface area contributed by atoms with Crippen LogP contribution >= 0.6 is 0 Å². The molecule has 0 saturated carbocycles. The van der Waals surface area contributed by atoms with E-state index in [2.05, 4.69) is 41.0 Å². The Balaban J connectivity index is 1.22. The topological polar surface area (TPSA) is 62.8 Å². The van der Waals surface area contributed by atoms with Gasteiger partial charge in [-0.3, -0.25) is 0 Å². The number of rotatable bonds is 5. The maximum atomic E-state index is 12.7. The Labute approximate surface area is 188 Å². The van der Waals surface area contributed by atoms with E-state index in [0.29, 0.717) is 19.0 Å². The minimum absolute atomic E-state index is 0.0570. The molecule has 3 aliphatic heterocycles. The third-order valence-electron chi connectivity index (χ3n) is 6.46. The molecule has 0 aliphatic carbocycles. The molecule has 3 fully saturated rings. The molecule has 0 aromatic heterocycles. The molecule has 3 aromatic rings. The van der Waals surface area contributed by atoms with Gasteiger partial charge in [0.25, 0.3) is 0 Å². The minimum Gasteiger partial charge on any atom is -0.497 e. The van der Waals surface area contributed by atoms with Crippen LogP contribution in [0.1, 0.15) is 11.5 Å². The molecule has 2 N–H and O–H groups in total. The molecule has 0 spiro atoms. The molecule has 3 atom stereocenters. The van der Waals surface area contributed by atoms with Crippen LogP contribution < -0.4 is 20.1 Å². The van der Waals surface area contributed by atoms with Crippen LogP contribution in [0.3, 0.4) is 0 Å². The van der Waals surface area contributed by atoms with Crippen LogP contribution in [0.4, 0.5) is 10.5 Å². The largest absolute Gasteiger partial charge is 0.497 e. The first kappa shape index (κ1) is 20.4. The summed E-state index contributed by atoms with van der Waals surface area (Å²) >= 11 is 0. The van der Waals surface area contributed by atoms with Gasteiger partial charge in [0.2, 0.25) is 0 Å². The van der Waals surface area contributed by atoms with Gasteiger partial charge >= 0.3 is 6.03 Å². The third kappa shape index (κ3) is 3.89. The predicted octanol–water partition coefficient (Wildman–Crippen LogP) is 4.34. The van der Waals surface area contributed by atoms with Crippen molar-refractivity contribution in [2.24, 2.45) is 0 Å². The van der Waals surface area contributed by atoms with Gasteiger partial charge in [0.05, 0.1) is 14.2 Å². The number of piperazine rings is 1. The van der Waals surface area contributed by atoms with Gasteiger partial charge in [0, 0.05) is 36.8 Å². The number of fused-ring (bicyclic) bond motifs is 2. The zero-order valence-electron chi connectivity index (χ0n) is 18.2. The number of piperidine rings is 1. The highest BCUT2D eigenvalue weighted by Crippen LogP contribution is 2.38. The number of carbonyl (C=O) groups excluding carboxylic acids is 1. The minimum atomic E-state index is -0.0570. The predicted molar refractivity (Wildman–Crippen MR) is 125 cm³/mol. The second-order valence-corrected chi connectivity index (χ2v) is 8.32. The normalized spacial score (nSPS) is 21.4. The lowest BCUT2D eigenvalue weighted by atomic mass is 9.74. The summed E-state index contributed by atoms with van der Waals surface area (Å²) in [6, 6.07) is 24.8. The van der Waals surface area contributed by atoms with Crippen molar-refractivity contribution in [2.75, 3.05) is 32.6 Å². The summed E-state index contributed by atoms with van der Waals surface area (Å²) in [7, 11) is 3.31. The molecule has 6 heteroatoms. The first-order chi connectivity index (χ1) is 15.6. The third-order valence-corrected chi connectivity index (χ3v) is 6.46. The number of hydrogen-bond acceptors (Lipinski definition) is 4. The lowest BCUT2D eigenvalue weighted by molar-refractivity contribution is 0.0759. The van der Waals surface area contributed by atoms with Gasteiger partial charge in [-0.2, -0.15) is 0 Å². The smallest absolute Gasteiger partial charge is 0.321 e. The molecule has 164 valence electrons. The van der Waals surface area contributed by atoms with Crippen LogP contribution in [-0.2, 0) is 0 Å². The molecule has 2 bridgehead atoms. The maximum absolute atomic E-state index is 12.7. The molecule has 3 saturated heterocycles. The van der Waals surface area contributed by atoms with E-state index in [4.69, 9.17) is 9.47 Å². The number of urea groups is 1. The molecule has 32 heavy (non-hydrogen) atoms. The highest BCUT2D eigenvalue weighted by molar-refractivity contribution is 5.89. The summed E-state index contributed by atoms with van der Waals surface area (Å²) in [4.78, 5) is 14.6. The monoisotopic (exact) mass is 429 g/mol. The highest BCUT2D eigenvalue weighted by Gasteiger charge is 2.48. The first-order valence-electron chi connectivity index (χ1n) is 10.8. The van der Waals surface area contributed by atoms with Crippen LogP contribution in [0.5, 0.6) is 11.5 Å². The number of ether oxygens (including phenoxy) is 2. The average molecular weight is 430 g/mol. The maximum Gasteiger partial charge on any atom is 0.321 e. The summed E-state index contributed by atoms with van der Waals surface area (Å²) in [5.41, 5.74) is 4.41. The van der Waals surface area contributed by atoms with Crippen LogP contribution in [0.2, 0.25) is 0 Å². The Bertz CT molecular complexity index is 1090. The van der Waals surface area contributed by atoms with E-state index in [-0.39, 0.29) is 18.1 Å². The summed E-state index contributed by atoms with van der Waals surface area (Å²) in [6.45, 7) is 1.39. The second kappa shape index (κ2) is 8.55. The number of nitrogens with zero attached hydrogens (tertiary/aromatic N) is 1. The molecule has 6 nitrogen and oxygen atoms in total. The summed E-state index contributed by atoms with van der Waals surface area (Å²) < 4.78 is 10.5. The molecule has 3 aliphatic rings. The Kier molecular flexibility index (Phi) is 5.45. The van der Waals surface area contributed by atoms with Crippen LogP contribution in [0.15, 0.2) is 72.8 Å². The van der Waals surface area contributed by atoms with E-state index in [1.54, 1.807) is 14.2 Å². The number of amides is 2. The lowest BCUT2D eigenvalue weighted by Crippen LogP contribution is -2.72. The van der Waals surface area contributed by atoms with E-state index >= 15 is 0 Å². The fourth-order valence-electron chi connectivity index (χ4n) is 4.73. The standard InChI is InChI=1S/C26H27N3O3/c1-31-21-12-10-20(11-13-21)27-26(30)29-15-23-25(24(16-29)28-23)18-8-6-17(7-9-18)19-4-3-5-22(14-19)32-2/h3-14,23-25,28H,15-16H2,1-2H3,(H,27,30)/t23-,24+,25?. The Morgan fingerprint density at radius 3 is 2.22 bits per heavy atom. The number of benzene rings is 3. The average Bonchev–Trinajstić information content (AvgIpc) is 2.85. The number of nitrogens with one attached hydrogen (secondary N) is 2. The summed E-state index contributed by atoms with van der Waals surface area (Å²) in [5.74, 6) is 2.06. The summed E-state index contributed by atoms with van der Waals surface area (Å²) in [5, 5.41) is 6.59. The van der Waals surface area contributed by atoms with Crippen molar-refractivity contribution in [1.29, 1.82) is 0 Å². The molecule has 6 rings (SSSR count). The van der Waals surface area contributed by atoms with Crippen molar-refractivity contribution in [1.82, 2.24) is 10.2 Å². The number of methoxy groups -OCH3 is 2. The van der Waals surface area contributed by atoms with Crippen molar-refractivity contribution in [3.05, 3.63) is 78.4 Å². The summed E-state index contributed by atoms with van der Waals surface area (Å²) in [6.07, 6.45) is 0. The van der Waals surface area contributed by atoms with E-state index < -0.39 is 0 Å². The van der Waals surface area contributed by atoms with Gasteiger partial charge in [0.15, 0.2) is 0 Å². The van der Waals surface area contributed by atoms with Gasteiger partial charge in [-0.05, 0) is 53.1 Å². The Morgan fingerprint density at radius 1 is 0.875 bits per heavy atom. The van der Waals surface area contributed by atoms with Crippen LogP contribution in [0.25, 0.3) is 11.1 Å². The number of anilines is 1. The van der Waals surface area contributed by atoms with Gasteiger partial charge in [-0.25, -0.2) is 4.79 Å². The van der Waals surface area contributed by atoms with Gasteiger partial charge < -0.3 is 25.0 Å². The number of hydrogen-bond donors (Lipinski definition) is 2. The Hall–Kier alpha value is -3.51. The van der Waals surface area contributed by atoms with E-state index in [9.17, 15) is 4.79 Å². The van der Waals surface area contributed by atoms with Crippen LogP contribution in [-0.4, -0.2) is 50.3 Å². The fourth-order valence-corrected chi connectivity index (χ4v) is 4.73. The fraction of sp³-hybridized carbons (Fsp3) is 0.269. The Morgan fingerprint density at radius 2 is 1.56 bits per heavy atom.